The zero-order valence-corrected chi connectivity index (χ0v) is 9.58. The van der Waals surface area contributed by atoms with Crippen LogP contribution in [0.25, 0.3) is 0 Å². The smallest absolute Gasteiger partial charge is 0.0157 e. The van der Waals surface area contributed by atoms with Crippen LogP contribution in [0, 0.1) is 23.7 Å². The van der Waals surface area contributed by atoms with Crippen LogP contribution in [-0.2, 0) is 0 Å². The van der Waals surface area contributed by atoms with E-state index >= 15 is 0 Å². The summed E-state index contributed by atoms with van der Waals surface area (Å²) in [5.74, 6) is 4.07. The van der Waals surface area contributed by atoms with Gasteiger partial charge in [-0.15, -0.1) is 0 Å². The topological polar surface area (TPSA) is 3.24 Å². The first-order valence-corrected chi connectivity index (χ1v) is 6.53. The lowest BCUT2D eigenvalue weighted by Gasteiger charge is -2.44. The minimum Gasteiger partial charge on any atom is -0.300 e. The minimum absolute atomic E-state index is 0.988. The van der Waals surface area contributed by atoms with Crippen LogP contribution >= 0.6 is 0 Å². The zero-order chi connectivity index (χ0) is 9.71. The number of hydrogen-bond donors (Lipinski definition) is 0. The Bertz CT molecular complexity index is 203. The molecule has 0 amide bonds. The van der Waals surface area contributed by atoms with E-state index in [2.05, 4.69) is 18.7 Å². The maximum atomic E-state index is 2.82. The number of nitrogens with zero attached hydrogens (tertiary/aromatic N) is 1. The van der Waals surface area contributed by atoms with Crippen LogP contribution in [0.2, 0.25) is 0 Å². The predicted octanol–water partition coefficient (Wildman–Crippen LogP) is 2.76. The monoisotopic (exact) mass is 193 g/mol. The molecule has 0 radical (unpaired) electrons. The van der Waals surface area contributed by atoms with E-state index in [1.165, 1.54) is 38.8 Å². The first-order valence-electron chi connectivity index (χ1n) is 6.53. The van der Waals surface area contributed by atoms with Gasteiger partial charge in [0.25, 0.3) is 0 Å². The second kappa shape index (κ2) is 3.23. The lowest BCUT2D eigenvalue weighted by atomic mass is 9.82. The van der Waals surface area contributed by atoms with Gasteiger partial charge in [0.15, 0.2) is 0 Å². The molecule has 0 aromatic heterocycles. The summed E-state index contributed by atoms with van der Waals surface area (Å²) in [4.78, 5) is 2.82. The molecule has 1 aliphatic carbocycles. The molecular weight excluding hydrogens is 170 g/mol. The zero-order valence-electron chi connectivity index (χ0n) is 9.58. The molecular formula is C13H23N. The van der Waals surface area contributed by atoms with Gasteiger partial charge in [-0.05, 0) is 62.4 Å². The Morgan fingerprint density at radius 2 is 1.36 bits per heavy atom. The van der Waals surface area contributed by atoms with Crippen molar-refractivity contribution >= 4 is 0 Å². The van der Waals surface area contributed by atoms with E-state index in [0.29, 0.717) is 0 Å². The Morgan fingerprint density at radius 1 is 0.857 bits per heavy atom. The molecule has 1 heteroatoms. The van der Waals surface area contributed by atoms with Crippen molar-refractivity contribution in [3.05, 3.63) is 0 Å². The molecule has 14 heavy (non-hydrogen) atoms. The van der Waals surface area contributed by atoms with Gasteiger partial charge in [0.2, 0.25) is 0 Å². The fraction of sp³-hybridized carbons (Fsp3) is 1.00. The van der Waals surface area contributed by atoms with Crippen LogP contribution in [0.15, 0.2) is 0 Å². The molecule has 5 atom stereocenters. The number of hydrogen-bond acceptors (Lipinski definition) is 1. The highest BCUT2D eigenvalue weighted by molar-refractivity contribution is 5.02. The van der Waals surface area contributed by atoms with Gasteiger partial charge in [-0.2, -0.15) is 0 Å². The van der Waals surface area contributed by atoms with Crippen LogP contribution in [0.5, 0.6) is 0 Å². The van der Waals surface area contributed by atoms with Crippen molar-refractivity contribution in [2.75, 3.05) is 13.1 Å². The van der Waals surface area contributed by atoms with Crippen LogP contribution in [0.4, 0.5) is 0 Å². The van der Waals surface area contributed by atoms with Crippen molar-refractivity contribution in [2.24, 2.45) is 23.7 Å². The molecule has 1 saturated carbocycles. The van der Waals surface area contributed by atoms with E-state index in [4.69, 9.17) is 0 Å². The third kappa shape index (κ3) is 1.11. The van der Waals surface area contributed by atoms with Gasteiger partial charge < -0.3 is 0 Å². The Labute approximate surface area is 87.9 Å². The molecule has 3 unspecified atom stereocenters. The van der Waals surface area contributed by atoms with E-state index in [1.807, 2.05) is 0 Å². The Balaban J connectivity index is 1.90. The van der Waals surface area contributed by atoms with Crippen LogP contribution in [0.3, 0.4) is 0 Å². The van der Waals surface area contributed by atoms with Crippen molar-refractivity contribution in [3.8, 4) is 0 Å². The van der Waals surface area contributed by atoms with E-state index in [0.717, 1.165) is 29.7 Å². The number of rotatable bonds is 0. The molecule has 3 fully saturated rings. The van der Waals surface area contributed by atoms with Gasteiger partial charge in [0.05, 0.1) is 0 Å². The van der Waals surface area contributed by atoms with Gasteiger partial charge in [0, 0.05) is 6.04 Å². The van der Waals surface area contributed by atoms with Crippen molar-refractivity contribution in [3.63, 3.8) is 0 Å². The van der Waals surface area contributed by atoms with Gasteiger partial charge in [-0.25, -0.2) is 0 Å². The van der Waals surface area contributed by atoms with E-state index in [1.54, 1.807) is 0 Å². The molecule has 80 valence electrons. The normalized spacial score (nSPS) is 53.1. The second-order valence-electron chi connectivity index (χ2n) is 5.86. The summed E-state index contributed by atoms with van der Waals surface area (Å²) in [5, 5.41) is 0. The molecule has 3 aliphatic rings. The standard InChI is InChI=1S/C13H23N/c1-9-10(2)12-6-4-8-14-7-3-5-11(9)13(12)14/h9-13H,3-8H2,1-2H3/t9-,10?,11?,12+,13?/m1/s1. The van der Waals surface area contributed by atoms with E-state index in [-0.39, 0.29) is 0 Å². The second-order valence-corrected chi connectivity index (χ2v) is 5.86. The molecule has 0 N–H and O–H groups in total. The molecule has 0 aromatic carbocycles. The maximum absolute atomic E-state index is 2.82. The maximum Gasteiger partial charge on any atom is 0.0157 e. The molecule has 2 heterocycles. The highest BCUT2D eigenvalue weighted by atomic mass is 15.2. The first kappa shape index (κ1) is 9.21. The van der Waals surface area contributed by atoms with Crippen LogP contribution in [-0.4, -0.2) is 24.0 Å². The van der Waals surface area contributed by atoms with Crippen LogP contribution in [0.1, 0.15) is 39.5 Å². The molecule has 0 aromatic rings. The van der Waals surface area contributed by atoms with Crippen molar-refractivity contribution in [2.45, 2.75) is 45.6 Å². The van der Waals surface area contributed by atoms with Gasteiger partial charge in [-0.3, -0.25) is 4.90 Å². The summed E-state index contributed by atoms with van der Waals surface area (Å²) >= 11 is 0. The fourth-order valence-corrected chi connectivity index (χ4v) is 4.60. The molecule has 0 spiro atoms. The van der Waals surface area contributed by atoms with Crippen molar-refractivity contribution in [1.29, 1.82) is 0 Å². The SMILES string of the molecule is CC1[C@@H](C)C2CCCN3CCC[C@@H]1C23. The Morgan fingerprint density at radius 3 is 1.86 bits per heavy atom. The molecule has 2 saturated heterocycles. The van der Waals surface area contributed by atoms with Crippen molar-refractivity contribution < 1.29 is 0 Å². The Hall–Kier alpha value is -0.0400. The quantitative estimate of drug-likeness (QED) is 0.572. The van der Waals surface area contributed by atoms with Gasteiger partial charge >= 0.3 is 0 Å². The summed E-state index contributed by atoms with van der Waals surface area (Å²) in [6, 6.07) is 0.988. The average molecular weight is 193 g/mol. The highest BCUT2D eigenvalue weighted by Crippen LogP contribution is 2.51. The van der Waals surface area contributed by atoms with Gasteiger partial charge in [-0.1, -0.05) is 13.8 Å². The summed E-state index contributed by atoms with van der Waals surface area (Å²) < 4.78 is 0. The molecule has 3 rings (SSSR count). The summed E-state index contributed by atoms with van der Waals surface area (Å²) in [7, 11) is 0. The Kier molecular flexibility index (Phi) is 2.12. The fourth-order valence-electron chi connectivity index (χ4n) is 4.60. The molecule has 1 nitrogen and oxygen atoms in total. The molecule has 2 aliphatic heterocycles. The lowest BCUT2D eigenvalue weighted by molar-refractivity contribution is 0.0434. The van der Waals surface area contributed by atoms with Crippen molar-refractivity contribution in [1.82, 2.24) is 4.90 Å². The van der Waals surface area contributed by atoms with E-state index < -0.39 is 0 Å². The first-order chi connectivity index (χ1) is 6.79. The lowest BCUT2D eigenvalue weighted by Crippen LogP contribution is -2.49. The van der Waals surface area contributed by atoms with E-state index in [9.17, 15) is 0 Å². The molecule has 0 bridgehead atoms. The summed E-state index contributed by atoms with van der Waals surface area (Å²) in [6.07, 6.45) is 5.96. The third-order valence-electron chi connectivity index (χ3n) is 5.44. The summed E-state index contributed by atoms with van der Waals surface area (Å²) in [6.45, 7) is 7.82. The summed E-state index contributed by atoms with van der Waals surface area (Å²) in [5.41, 5.74) is 0. The average Bonchev–Trinajstić information content (AvgIpc) is 2.47. The van der Waals surface area contributed by atoms with Gasteiger partial charge in [0.1, 0.15) is 0 Å². The van der Waals surface area contributed by atoms with Crippen LogP contribution < -0.4 is 0 Å². The largest absolute Gasteiger partial charge is 0.300 e. The minimum atomic E-state index is 0.988. The number of piperidine rings is 2. The third-order valence-corrected chi connectivity index (χ3v) is 5.44. The highest BCUT2D eigenvalue weighted by Gasteiger charge is 2.50. The predicted molar refractivity (Wildman–Crippen MR) is 59.1 cm³/mol.